The summed E-state index contributed by atoms with van der Waals surface area (Å²) < 4.78 is 9.20. The van der Waals surface area contributed by atoms with Crippen molar-refractivity contribution in [3.8, 4) is 22.7 Å². The number of ether oxygens (including phenoxy) is 1. The van der Waals surface area contributed by atoms with Gasteiger partial charge in [0.05, 0.1) is 40.9 Å². The maximum Gasteiger partial charge on any atom is 0.344 e. The maximum atomic E-state index is 13.3. The van der Waals surface area contributed by atoms with Gasteiger partial charge < -0.3 is 4.74 Å². The third-order valence-corrected chi connectivity index (χ3v) is 5.49. The fraction of sp³-hybridized carbons (Fsp3) is 0.154. The monoisotopic (exact) mass is 437 g/mol. The summed E-state index contributed by atoms with van der Waals surface area (Å²) in [7, 11) is 0. The quantitative estimate of drug-likeness (QED) is 0.345. The topological polar surface area (TPSA) is 74.8 Å². The van der Waals surface area contributed by atoms with Crippen molar-refractivity contribution in [3.05, 3.63) is 90.4 Å². The third kappa shape index (κ3) is 3.89. The van der Waals surface area contributed by atoms with Gasteiger partial charge in [-0.3, -0.25) is 0 Å². The van der Waals surface area contributed by atoms with Crippen LogP contribution in [-0.4, -0.2) is 30.5 Å². The minimum Gasteiger partial charge on any atom is -0.420 e. The maximum absolute atomic E-state index is 13.3. The largest absolute Gasteiger partial charge is 0.420 e. The van der Waals surface area contributed by atoms with Crippen LogP contribution >= 0.6 is 0 Å². The Hall–Kier alpha value is -4.26. The van der Waals surface area contributed by atoms with Crippen molar-refractivity contribution in [2.45, 2.75) is 26.8 Å². The smallest absolute Gasteiger partial charge is 0.344 e. The van der Waals surface area contributed by atoms with E-state index in [0.717, 1.165) is 16.8 Å². The number of rotatable bonds is 5. The predicted octanol–water partition coefficient (Wildman–Crippen LogP) is 5.39. The Morgan fingerprint density at radius 1 is 0.970 bits per heavy atom. The number of carbonyl (C=O) groups excluding carboxylic acids is 1. The van der Waals surface area contributed by atoms with Crippen LogP contribution in [0, 0.1) is 6.92 Å². The zero-order chi connectivity index (χ0) is 22.9. The number of nitrogens with zero attached hydrogens (tertiary/aromatic N) is 5. The van der Waals surface area contributed by atoms with Gasteiger partial charge in [0.15, 0.2) is 11.4 Å². The molecule has 0 unspecified atom stereocenters. The number of aryl methyl sites for hydroxylation is 1. The molecule has 3 aromatic heterocycles. The molecule has 3 heterocycles. The van der Waals surface area contributed by atoms with Crippen LogP contribution in [0.2, 0.25) is 0 Å². The summed E-state index contributed by atoms with van der Waals surface area (Å²) >= 11 is 0. The molecule has 5 rings (SSSR count). The van der Waals surface area contributed by atoms with Crippen LogP contribution in [0.25, 0.3) is 28.0 Å². The summed E-state index contributed by atoms with van der Waals surface area (Å²) in [5.74, 6) is -0.115. The molecule has 164 valence electrons. The van der Waals surface area contributed by atoms with Crippen molar-refractivity contribution >= 4 is 17.0 Å². The van der Waals surface area contributed by atoms with E-state index < -0.39 is 5.97 Å². The highest BCUT2D eigenvalue weighted by atomic mass is 16.5. The van der Waals surface area contributed by atoms with Crippen LogP contribution in [0.3, 0.4) is 0 Å². The lowest BCUT2D eigenvalue weighted by atomic mass is 10.0. The van der Waals surface area contributed by atoms with Gasteiger partial charge in [-0.05, 0) is 44.5 Å². The summed E-state index contributed by atoms with van der Waals surface area (Å²) in [4.78, 5) is 18.2. The van der Waals surface area contributed by atoms with Crippen molar-refractivity contribution in [2.24, 2.45) is 0 Å². The van der Waals surface area contributed by atoms with Crippen molar-refractivity contribution in [1.82, 2.24) is 24.5 Å². The molecule has 0 aliphatic rings. The molecule has 33 heavy (non-hydrogen) atoms. The third-order valence-electron chi connectivity index (χ3n) is 5.49. The fourth-order valence-electron chi connectivity index (χ4n) is 3.81. The van der Waals surface area contributed by atoms with Crippen LogP contribution in [0.5, 0.6) is 5.75 Å². The molecule has 0 radical (unpaired) electrons. The van der Waals surface area contributed by atoms with E-state index in [2.05, 4.69) is 10.2 Å². The normalized spacial score (nSPS) is 11.3. The SMILES string of the molecule is Cc1ccccc1-c1cc(C(=O)Oc2cnn(-c3ccccc3)c2)c2cnn(C(C)C)c2n1. The van der Waals surface area contributed by atoms with Gasteiger partial charge in [0.2, 0.25) is 0 Å². The first-order valence-electron chi connectivity index (χ1n) is 10.8. The Kier molecular flexibility index (Phi) is 5.22. The highest BCUT2D eigenvalue weighted by Gasteiger charge is 2.21. The van der Waals surface area contributed by atoms with Gasteiger partial charge in [-0.2, -0.15) is 10.2 Å². The summed E-state index contributed by atoms with van der Waals surface area (Å²) in [5.41, 5.74) is 4.68. The van der Waals surface area contributed by atoms with Crippen LogP contribution in [0.15, 0.2) is 79.3 Å². The van der Waals surface area contributed by atoms with E-state index in [1.807, 2.05) is 80.1 Å². The predicted molar refractivity (Wildman–Crippen MR) is 127 cm³/mol. The fourth-order valence-corrected chi connectivity index (χ4v) is 3.81. The molecular weight excluding hydrogens is 414 g/mol. The summed E-state index contributed by atoms with van der Waals surface area (Å²) in [5, 5.41) is 9.44. The van der Waals surface area contributed by atoms with Gasteiger partial charge in [-0.15, -0.1) is 0 Å². The second-order valence-electron chi connectivity index (χ2n) is 8.14. The van der Waals surface area contributed by atoms with Crippen LogP contribution < -0.4 is 4.74 Å². The number of fused-ring (bicyclic) bond motifs is 1. The van der Waals surface area contributed by atoms with Gasteiger partial charge >= 0.3 is 5.97 Å². The van der Waals surface area contributed by atoms with Crippen molar-refractivity contribution in [2.75, 3.05) is 0 Å². The number of pyridine rings is 1. The molecule has 0 saturated carbocycles. The lowest BCUT2D eigenvalue weighted by molar-refractivity contribution is 0.0736. The van der Waals surface area contributed by atoms with Crippen molar-refractivity contribution in [1.29, 1.82) is 0 Å². The molecule has 5 aromatic rings. The molecule has 0 aliphatic heterocycles. The molecule has 0 amide bonds. The van der Waals surface area contributed by atoms with Gasteiger partial charge in [0.25, 0.3) is 0 Å². The Morgan fingerprint density at radius 3 is 2.48 bits per heavy atom. The second kappa shape index (κ2) is 8.35. The highest BCUT2D eigenvalue weighted by Crippen LogP contribution is 2.29. The number of hydrogen-bond acceptors (Lipinski definition) is 5. The number of benzene rings is 2. The standard InChI is InChI=1S/C26H23N5O2/c1-17(2)31-25-23(15-28-31)22(13-24(29-25)21-12-8-7-9-18(21)3)26(32)33-20-14-27-30(16-20)19-10-5-4-6-11-19/h4-17H,1-3H3. The molecule has 0 N–H and O–H groups in total. The first-order valence-corrected chi connectivity index (χ1v) is 10.8. The van der Waals surface area contributed by atoms with Gasteiger partial charge in [-0.1, -0.05) is 42.5 Å². The number of para-hydroxylation sites is 1. The highest BCUT2D eigenvalue weighted by molar-refractivity contribution is 6.04. The van der Waals surface area contributed by atoms with E-state index in [1.54, 1.807) is 23.1 Å². The molecule has 0 atom stereocenters. The molecule has 0 spiro atoms. The molecule has 2 aromatic carbocycles. The number of esters is 1. The van der Waals surface area contributed by atoms with Crippen molar-refractivity contribution < 1.29 is 9.53 Å². The van der Waals surface area contributed by atoms with E-state index in [9.17, 15) is 4.79 Å². The first-order chi connectivity index (χ1) is 16.0. The van der Waals surface area contributed by atoms with E-state index in [-0.39, 0.29) is 6.04 Å². The summed E-state index contributed by atoms with van der Waals surface area (Å²) in [6.07, 6.45) is 4.89. The minimum atomic E-state index is -0.479. The number of hydrogen-bond donors (Lipinski definition) is 0. The molecule has 0 saturated heterocycles. The molecule has 7 heteroatoms. The average molecular weight is 438 g/mol. The molecular formula is C26H23N5O2. The van der Waals surface area contributed by atoms with Gasteiger partial charge in [0.1, 0.15) is 0 Å². The molecule has 0 bridgehead atoms. The van der Waals surface area contributed by atoms with E-state index in [1.165, 1.54) is 6.20 Å². The summed E-state index contributed by atoms with van der Waals surface area (Å²) in [6.45, 7) is 6.09. The summed E-state index contributed by atoms with van der Waals surface area (Å²) in [6, 6.07) is 19.5. The zero-order valence-electron chi connectivity index (χ0n) is 18.6. The number of aromatic nitrogens is 5. The minimum absolute atomic E-state index is 0.0927. The first kappa shape index (κ1) is 20.6. The van der Waals surface area contributed by atoms with Crippen LogP contribution in [0.4, 0.5) is 0 Å². The second-order valence-corrected chi connectivity index (χ2v) is 8.14. The van der Waals surface area contributed by atoms with Gasteiger partial charge in [0, 0.05) is 11.6 Å². The molecule has 0 fully saturated rings. The number of carbonyl (C=O) groups is 1. The molecule has 0 aliphatic carbocycles. The van der Waals surface area contributed by atoms with E-state index >= 15 is 0 Å². The molecule has 7 nitrogen and oxygen atoms in total. The van der Waals surface area contributed by atoms with Gasteiger partial charge in [-0.25, -0.2) is 19.1 Å². The van der Waals surface area contributed by atoms with Crippen molar-refractivity contribution in [3.63, 3.8) is 0 Å². The Labute approximate surface area is 191 Å². The zero-order valence-corrected chi connectivity index (χ0v) is 18.6. The average Bonchev–Trinajstić information content (AvgIpc) is 3.46. The van der Waals surface area contributed by atoms with Crippen LogP contribution in [0.1, 0.15) is 35.8 Å². The Balaban J connectivity index is 1.56. The Morgan fingerprint density at radius 2 is 1.73 bits per heavy atom. The van der Waals surface area contributed by atoms with E-state index in [0.29, 0.717) is 28.0 Å². The Bertz CT molecular complexity index is 1450. The lowest BCUT2D eigenvalue weighted by Crippen LogP contribution is -2.10. The van der Waals surface area contributed by atoms with E-state index in [4.69, 9.17) is 9.72 Å². The van der Waals surface area contributed by atoms with Crippen LogP contribution in [-0.2, 0) is 0 Å². The lowest BCUT2D eigenvalue weighted by Gasteiger charge is -2.11.